The Morgan fingerprint density at radius 1 is 1.24 bits per heavy atom. The lowest BCUT2D eigenvalue weighted by Crippen LogP contribution is -2.33. The molecule has 3 rings (SSSR count). The van der Waals surface area contributed by atoms with E-state index in [1.807, 2.05) is 45.7 Å². The molecule has 0 saturated heterocycles. The average molecular weight is 304 g/mol. The fourth-order valence-corrected chi connectivity index (χ4v) is 2.60. The fraction of sp³-hybridized carbons (Fsp3) is 0.333. The van der Waals surface area contributed by atoms with Crippen LogP contribution in [0.1, 0.15) is 25.6 Å². The van der Waals surface area contributed by atoms with Crippen molar-refractivity contribution in [1.82, 2.24) is 24.5 Å². The van der Waals surface area contributed by atoms with Crippen molar-refractivity contribution in [3.05, 3.63) is 53.7 Å². The van der Waals surface area contributed by atoms with E-state index in [1.165, 1.54) is 0 Å². The van der Waals surface area contributed by atoms with E-state index in [2.05, 4.69) is 29.2 Å². The van der Waals surface area contributed by atoms with E-state index in [1.54, 1.807) is 6.20 Å². The van der Waals surface area contributed by atoms with Gasteiger partial charge in [-0.05, 0) is 32.0 Å². The number of hydrogen-bond acceptors (Lipinski definition) is 3. The number of nitrogens with one attached hydrogen (secondary N) is 1. The molecule has 3 aromatic heterocycles. The lowest BCUT2D eigenvalue weighted by molar-refractivity contribution is 0.363. The van der Waals surface area contributed by atoms with E-state index in [0.29, 0.717) is 11.7 Å². The SMILES string of the molecule is C[C@@H](NCc1c(Cl)nc2ccccn12)[C@H](C)n1cccn1. The first-order chi connectivity index (χ1) is 10.2. The Kier molecular flexibility index (Phi) is 3.94. The molecule has 0 amide bonds. The number of imidazole rings is 1. The van der Waals surface area contributed by atoms with Crippen LogP contribution in [0.3, 0.4) is 0 Å². The van der Waals surface area contributed by atoms with E-state index < -0.39 is 0 Å². The molecule has 0 bridgehead atoms. The van der Waals surface area contributed by atoms with Gasteiger partial charge in [0, 0.05) is 31.2 Å². The second-order valence-electron chi connectivity index (χ2n) is 5.17. The number of aromatic nitrogens is 4. The third kappa shape index (κ3) is 2.80. The molecule has 6 heteroatoms. The second-order valence-corrected chi connectivity index (χ2v) is 5.53. The highest BCUT2D eigenvalue weighted by molar-refractivity contribution is 6.30. The molecule has 1 N–H and O–H groups in total. The van der Waals surface area contributed by atoms with Gasteiger partial charge in [0.25, 0.3) is 0 Å². The molecule has 21 heavy (non-hydrogen) atoms. The van der Waals surface area contributed by atoms with Gasteiger partial charge in [-0.1, -0.05) is 17.7 Å². The lowest BCUT2D eigenvalue weighted by Gasteiger charge is -2.21. The Morgan fingerprint density at radius 2 is 2.10 bits per heavy atom. The zero-order chi connectivity index (χ0) is 14.8. The first-order valence-electron chi connectivity index (χ1n) is 7.01. The van der Waals surface area contributed by atoms with Crippen LogP contribution in [0.4, 0.5) is 0 Å². The van der Waals surface area contributed by atoms with Gasteiger partial charge in [-0.3, -0.25) is 4.68 Å². The highest BCUT2D eigenvalue weighted by Crippen LogP contribution is 2.18. The van der Waals surface area contributed by atoms with Gasteiger partial charge < -0.3 is 9.72 Å². The molecule has 5 nitrogen and oxygen atoms in total. The summed E-state index contributed by atoms with van der Waals surface area (Å²) in [5.41, 5.74) is 1.85. The second kappa shape index (κ2) is 5.87. The van der Waals surface area contributed by atoms with Gasteiger partial charge in [0.05, 0.1) is 11.7 Å². The predicted octanol–water partition coefficient (Wildman–Crippen LogP) is 2.92. The van der Waals surface area contributed by atoms with E-state index in [0.717, 1.165) is 11.3 Å². The first-order valence-corrected chi connectivity index (χ1v) is 7.38. The molecule has 0 aromatic carbocycles. The van der Waals surface area contributed by atoms with Crippen LogP contribution in [0.25, 0.3) is 5.65 Å². The standard InChI is InChI=1S/C15H18ClN5/c1-11(12(2)21-9-5-7-18-21)17-10-13-15(16)19-14-6-3-4-8-20(13)14/h3-9,11-12,17H,10H2,1-2H3/t11-,12+/m1/s1. The Labute approximate surface area is 128 Å². The van der Waals surface area contributed by atoms with Gasteiger partial charge in [-0.15, -0.1) is 0 Å². The van der Waals surface area contributed by atoms with E-state index in [-0.39, 0.29) is 12.1 Å². The van der Waals surface area contributed by atoms with Crippen molar-refractivity contribution in [2.45, 2.75) is 32.5 Å². The Morgan fingerprint density at radius 3 is 2.86 bits per heavy atom. The maximum atomic E-state index is 6.24. The van der Waals surface area contributed by atoms with Crippen LogP contribution in [0.15, 0.2) is 42.9 Å². The Hall–Kier alpha value is -1.85. The van der Waals surface area contributed by atoms with Crippen molar-refractivity contribution in [1.29, 1.82) is 0 Å². The minimum absolute atomic E-state index is 0.259. The van der Waals surface area contributed by atoms with Gasteiger partial charge in [-0.25, -0.2) is 4.98 Å². The first kappa shape index (κ1) is 14.1. The summed E-state index contributed by atoms with van der Waals surface area (Å²) in [6, 6.07) is 8.34. The predicted molar refractivity (Wildman–Crippen MR) is 83.4 cm³/mol. The van der Waals surface area contributed by atoms with Crippen LogP contribution in [0.5, 0.6) is 0 Å². The molecule has 0 aliphatic rings. The number of fused-ring (bicyclic) bond motifs is 1. The quantitative estimate of drug-likeness (QED) is 0.788. The van der Waals surface area contributed by atoms with Crippen LogP contribution in [0, 0.1) is 0 Å². The number of pyridine rings is 1. The minimum atomic E-state index is 0.259. The molecule has 3 heterocycles. The normalized spacial score (nSPS) is 14.4. The summed E-state index contributed by atoms with van der Waals surface area (Å²) in [5.74, 6) is 0. The molecule has 0 saturated carbocycles. The van der Waals surface area contributed by atoms with E-state index in [4.69, 9.17) is 11.6 Å². The maximum absolute atomic E-state index is 6.24. The van der Waals surface area contributed by atoms with Gasteiger partial charge in [-0.2, -0.15) is 5.10 Å². The summed E-state index contributed by atoms with van der Waals surface area (Å²) >= 11 is 6.24. The highest BCUT2D eigenvalue weighted by atomic mass is 35.5. The van der Waals surface area contributed by atoms with Crippen molar-refractivity contribution in [2.24, 2.45) is 0 Å². The number of nitrogens with zero attached hydrogens (tertiary/aromatic N) is 4. The molecular formula is C15H18ClN5. The van der Waals surface area contributed by atoms with E-state index >= 15 is 0 Å². The summed E-state index contributed by atoms with van der Waals surface area (Å²) in [5, 5.41) is 8.33. The molecule has 0 fully saturated rings. The Balaban J connectivity index is 1.73. The maximum Gasteiger partial charge on any atom is 0.152 e. The number of hydrogen-bond donors (Lipinski definition) is 1. The van der Waals surface area contributed by atoms with Crippen molar-refractivity contribution in [3.8, 4) is 0 Å². The fourth-order valence-electron chi connectivity index (χ4n) is 2.35. The molecule has 0 radical (unpaired) electrons. The number of rotatable bonds is 5. The Bertz CT molecular complexity index is 719. The van der Waals surface area contributed by atoms with Crippen LogP contribution >= 0.6 is 11.6 Å². The van der Waals surface area contributed by atoms with Crippen LogP contribution in [-0.2, 0) is 6.54 Å². The molecule has 0 aliphatic heterocycles. The van der Waals surface area contributed by atoms with Gasteiger partial charge in [0.1, 0.15) is 5.65 Å². The molecule has 2 atom stereocenters. The van der Waals surface area contributed by atoms with Gasteiger partial charge >= 0.3 is 0 Å². The van der Waals surface area contributed by atoms with Crippen LogP contribution < -0.4 is 5.32 Å². The molecule has 0 aliphatic carbocycles. The summed E-state index contributed by atoms with van der Waals surface area (Å²) in [6.07, 6.45) is 5.75. The molecule has 3 aromatic rings. The zero-order valence-corrected chi connectivity index (χ0v) is 12.8. The monoisotopic (exact) mass is 303 g/mol. The summed E-state index contributed by atoms with van der Waals surface area (Å²) in [7, 11) is 0. The zero-order valence-electron chi connectivity index (χ0n) is 12.1. The smallest absolute Gasteiger partial charge is 0.152 e. The minimum Gasteiger partial charge on any atom is -0.306 e. The highest BCUT2D eigenvalue weighted by Gasteiger charge is 2.16. The van der Waals surface area contributed by atoms with Crippen molar-refractivity contribution >= 4 is 17.2 Å². The average Bonchev–Trinajstić information content (AvgIpc) is 3.11. The molecule has 0 spiro atoms. The van der Waals surface area contributed by atoms with E-state index in [9.17, 15) is 0 Å². The molecule has 0 unspecified atom stereocenters. The third-order valence-electron chi connectivity index (χ3n) is 3.84. The third-order valence-corrected chi connectivity index (χ3v) is 4.14. The van der Waals surface area contributed by atoms with Gasteiger partial charge in [0.15, 0.2) is 5.15 Å². The van der Waals surface area contributed by atoms with Crippen molar-refractivity contribution in [2.75, 3.05) is 0 Å². The summed E-state index contributed by atoms with van der Waals surface area (Å²) in [4.78, 5) is 4.36. The van der Waals surface area contributed by atoms with Crippen LogP contribution in [-0.4, -0.2) is 25.2 Å². The van der Waals surface area contributed by atoms with Crippen molar-refractivity contribution < 1.29 is 0 Å². The van der Waals surface area contributed by atoms with Crippen LogP contribution in [0.2, 0.25) is 5.15 Å². The van der Waals surface area contributed by atoms with Crippen molar-refractivity contribution in [3.63, 3.8) is 0 Å². The molecule has 110 valence electrons. The summed E-state index contributed by atoms with van der Waals surface area (Å²) in [6.45, 7) is 4.95. The summed E-state index contributed by atoms with van der Waals surface area (Å²) < 4.78 is 3.97. The van der Waals surface area contributed by atoms with Gasteiger partial charge in [0.2, 0.25) is 0 Å². The lowest BCUT2D eigenvalue weighted by atomic mass is 10.1. The molecular weight excluding hydrogens is 286 g/mol. The largest absolute Gasteiger partial charge is 0.306 e. The topological polar surface area (TPSA) is 47.2 Å². The number of halogens is 1.